The molecule has 0 fully saturated rings. The minimum Gasteiger partial charge on any atom is -0.488 e. The average Bonchev–Trinajstić information content (AvgIpc) is 3.20. The molecule has 2 aromatic carbocycles. The van der Waals surface area contributed by atoms with Crippen molar-refractivity contribution in [2.24, 2.45) is 5.92 Å². The van der Waals surface area contributed by atoms with Crippen LogP contribution in [0.25, 0.3) is 0 Å². The quantitative estimate of drug-likeness (QED) is 0.516. The fourth-order valence-electron chi connectivity index (χ4n) is 2.94. The molecule has 3 aromatic rings. The lowest BCUT2D eigenvalue weighted by molar-refractivity contribution is -0.117. The van der Waals surface area contributed by atoms with Crippen LogP contribution < -0.4 is 4.74 Å². The first-order valence-corrected chi connectivity index (χ1v) is 10.2. The van der Waals surface area contributed by atoms with Crippen LogP contribution in [-0.4, -0.2) is 10.8 Å². The summed E-state index contributed by atoms with van der Waals surface area (Å²) in [5.74, 6) is 7.82. The third kappa shape index (κ3) is 6.37. The highest BCUT2D eigenvalue weighted by atomic mass is 32.1. The van der Waals surface area contributed by atoms with Crippen LogP contribution in [0.4, 0.5) is 0 Å². The number of carbonyl (C=O) groups is 1. The zero-order chi connectivity index (χ0) is 19.8. The molecule has 0 saturated heterocycles. The summed E-state index contributed by atoms with van der Waals surface area (Å²) >= 11 is 1.58. The summed E-state index contributed by atoms with van der Waals surface area (Å²) in [5, 5.41) is 0. The fraction of sp³-hybridized carbons (Fsp3) is 0.250. The number of hydrogen-bond donors (Lipinski definition) is 0. The van der Waals surface area contributed by atoms with Crippen molar-refractivity contribution >= 4 is 17.1 Å². The van der Waals surface area contributed by atoms with Crippen LogP contribution in [0.3, 0.4) is 0 Å². The van der Waals surface area contributed by atoms with Crippen LogP contribution >= 0.6 is 11.3 Å². The molecule has 0 aliphatic rings. The van der Waals surface area contributed by atoms with Crippen molar-refractivity contribution < 1.29 is 9.53 Å². The highest BCUT2D eigenvalue weighted by Crippen LogP contribution is 2.16. The molecule has 1 unspecified atom stereocenters. The van der Waals surface area contributed by atoms with Crippen LogP contribution in [0.5, 0.6) is 5.75 Å². The van der Waals surface area contributed by atoms with E-state index in [0.29, 0.717) is 18.9 Å². The van der Waals surface area contributed by atoms with Crippen molar-refractivity contribution in [3.8, 4) is 17.6 Å². The zero-order valence-corrected chi connectivity index (χ0v) is 17.0. The summed E-state index contributed by atoms with van der Waals surface area (Å²) in [4.78, 5) is 16.3. The Morgan fingerprint density at radius 3 is 2.29 bits per heavy atom. The first kappa shape index (κ1) is 19.9. The van der Waals surface area contributed by atoms with Gasteiger partial charge >= 0.3 is 0 Å². The van der Waals surface area contributed by atoms with Gasteiger partial charge in [-0.15, -0.1) is 11.3 Å². The number of aromatic nitrogens is 1. The Bertz CT molecular complexity index is 949. The third-order valence-corrected chi connectivity index (χ3v) is 5.00. The molecule has 0 radical (unpaired) electrons. The van der Waals surface area contributed by atoms with E-state index in [9.17, 15) is 4.79 Å². The van der Waals surface area contributed by atoms with Gasteiger partial charge in [-0.3, -0.25) is 4.98 Å². The van der Waals surface area contributed by atoms with Gasteiger partial charge in [0.1, 0.15) is 18.1 Å². The summed E-state index contributed by atoms with van der Waals surface area (Å²) in [6.45, 7) is 4.29. The monoisotopic (exact) mass is 389 g/mol. The van der Waals surface area contributed by atoms with E-state index in [0.717, 1.165) is 28.2 Å². The van der Waals surface area contributed by atoms with Crippen molar-refractivity contribution in [1.29, 1.82) is 0 Å². The van der Waals surface area contributed by atoms with Crippen LogP contribution in [0, 0.1) is 17.8 Å². The van der Waals surface area contributed by atoms with Gasteiger partial charge in [-0.05, 0) is 61.2 Å². The van der Waals surface area contributed by atoms with E-state index < -0.39 is 0 Å². The molecule has 0 bridgehead atoms. The molecule has 0 aliphatic carbocycles. The molecule has 1 aromatic heterocycles. The van der Waals surface area contributed by atoms with Crippen LogP contribution in [0.15, 0.2) is 60.2 Å². The molecule has 0 spiro atoms. The smallest absolute Gasteiger partial charge is 0.130 e. The highest BCUT2D eigenvalue weighted by molar-refractivity contribution is 7.09. The van der Waals surface area contributed by atoms with Gasteiger partial charge in [0.25, 0.3) is 0 Å². The number of carbonyl (C=O) groups excluding carboxylic acids is 1. The molecule has 4 heteroatoms. The lowest BCUT2D eigenvalue weighted by atomic mass is 9.96. The van der Waals surface area contributed by atoms with E-state index in [-0.39, 0.29) is 5.78 Å². The summed E-state index contributed by atoms with van der Waals surface area (Å²) in [6, 6.07) is 16.1. The normalized spacial score (nSPS) is 11.4. The molecule has 3 nitrogen and oxygen atoms in total. The molecule has 3 rings (SSSR count). The minimum absolute atomic E-state index is 0.245. The Morgan fingerprint density at radius 2 is 1.71 bits per heavy atom. The predicted octanol–water partition coefficient (Wildman–Crippen LogP) is 5.28. The van der Waals surface area contributed by atoms with Gasteiger partial charge in [-0.2, -0.15) is 0 Å². The molecular weight excluding hydrogens is 366 g/mol. The maximum Gasteiger partial charge on any atom is 0.130 e. The van der Waals surface area contributed by atoms with E-state index in [1.165, 1.54) is 5.56 Å². The van der Waals surface area contributed by atoms with E-state index in [4.69, 9.17) is 4.74 Å². The number of hydrogen-bond acceptors (Lipinski definition) is 4. The van der Waals surface area contributed by atoms with Gasteiger partial charge in [0.15, 0.2) is 0 Å². The van der Waals surface area contributed by atoms with Crippen LogP contribution in [0.2, 0.25) is 0 Å². The third-order valence-electron chi connectivity index (χ3n) is 4.24. The van der Waals surface area contributed by atoms with Crippen molar-refractivity contribution in [3.05, 3.63) is 81.8 Å². The van der Waals surface area contributed by atoms with E-state index in [1.54, 1.807) is 23.8 Å². The Morgan fingerprint density at radius 1 is 1.07 bits per heavy atom. The second kappa shape index (κ2) is 9.87. The number of ether oxygens (including phenoxy) is 1. The van der Waals surface area contributed by atoms with Crippen LogP contribution in [0.1, 0.15) is 41.8 Å². The van der Waals surface area contributed by atoms with Crippen LogP contribution in [-0.2, 0) is 17.8 Å². The van der Waals surface area contributed by atoms with Gasteiger partial charge in [0, 0.05) is 23.7 Å². The van der Waals surface area contributed by atoms with Crippen molar-refractivity contribution in [2.45, 2.75) is 33.3 Å². The van der Waals surface area contributed by atoms with Gasteiger partial charge in [0.05, 0.1) is 10.4 Å². The average molecular weight is 390 g/mol. The number of rotatable bonds is 7. The van der Waals surface area contributed by atoms with E-state index in [1.807, 2.05) is 42.6 Å². The second-order valence-corrected chi connectivity index (χ2v) is 7.91. The van der Waals surface area contributed by atoms with Crippen molar-refractivity contribution in [3.63, 3.8) is 0 Å². The zero-order valence-electron chi connectivity index (χ0n) is 16.1. The van der Waals surface area contributed by atoms with E-state index in [2.05, 4.69) is 35.9 Å². The second-order valence-electron chi connectivity index (χ2n) is 6.94. The molecule has 28 heavy (non-hydrogen) atoms. The lowest BCUT2D eigenvalue weighted by Crippen LogP contribution is -2.04. The van der Waals surface area contributed by atoms with E-state index >= 15 is 0 Å². The maximum atomic E-state index is 11.2. The molecule has 1 atom stereocenters. The summed E-state index contributed by atoms with van der Waals surface area (Å²) < 4.78 is 5.74. The Hall–Kier alpha value is -2.90. The number of ketones is 1. The highest BCUT2D eigenvalue weighted by Gasteiger charge is 2.06. The van der Waals surface area contributed by atoms with Gasteiger partial charge in [-0.25, -0.2) is 0 Å². The Balaban J connectivity index is 1.54. The Labute approximate surface area is 170 Å². The van der Waals surface area contributed by atoms with Crippen molar-refractivity contribution in [1.82, 2.24) is 4.98 Å². The standard InChI is InChI=1S/C24H23NO2S/c1-18(13-19(2)26)14-22-7-5-20(6-8-22)3-4-21-9-11-23(12-10-21)27-16-24-15-25-17-28-24/h5-12,15,17-18H,13-14,16H2,1-2H3. The largest absolute Gasteiger partial charge is 0.488 e. The fourth-order valence-corrected chi connectivity index (χ4v) is 3.44. The summed E-state index contributed by atoms with van der Waals surface area (Å²) in [7, 11) is 0. The molecule has 0 saturated carbocycles. The SMILES string of the molecule is CC(=O)CC(C)Cc1ccc(C#Cc2ccc(OCc3cncs3)cc2)cc1. The Kier molecular flexibility index (Phi) is 7.00. The van der Waals surface area contributed by atoms with Gasteiger partial charge in [-0.1, -0.05) is 30.9 Å². The first-order chi connectivity index (χ1) is 13.6. The number of nitrogens with zero attached hydrogens (tertiary/aromatic N) is 1. The number of thiazole rings is 1. The summed E-state index contributed by atoms with van der Waals surface area (Å²) in [6.07, 6.45) is 3.36. The maximum absolute atomic E-state index is 11.2. The lowest BCUT2D eigenvalue weighted by Gasteiger charge is -2.09. The predicted molar refractivity (Wildman–Crippen MR) is 113 cm³/mol. The molecule has 0 amide bonds. The summed E-state index contributed by atoms with van der Waals surface area (Å²) in [5.41, 5.74) is 4.97. The first-order valence-electron chi connectivity index (χ1n) is 9.29. The molecule has 1 heterocycles. The van der Waals surface area contributed by atoms with Crippen molar-refractivity contribution in [2.75, 3.05) is 0 Å². The number of Topliss-reactive ketones (excluding diaryl/α,β-unsaturated/α-hetero) is 1. The number of benzene rings is 2. The topological polar surface area (TPSA) is 39.2 Å². The minimum atomic E-state index is 0.245. The molecule has 0 aliphatic heterocycles. The molecule has 142 valence electrons. The van der Waals surface area contributed by atoms with Gasteiger partial charge < -0.3 is 9.53 Å². The molecule has 0 N–H and O–H groups in total. The molecular formula is C24H23NO2S. The van der Waals surface area contributed by atoms with Gasteiger partial charge in [0.2, 0.25) is 0 Å².